The third kappa shape index (κ3) is 8.87. The Morgan fingerprint density at radius 2 is 1.79 bits per heavy atom. The summed E-state index contributed by atoms with van der Waals surface area (Å²) >= 11 is 3.02. The van der Waals surface area contributed by atoms with Crippen LogP contribution in [0.1, 0.15) is 29.7 Å². The van der Waals surface area contributed by atoms with Crippen LogP contribution in [0.4, 0.5) is 0 Å². The number of nitrogens with zero attached hydrogens (tertiary/aromatic N) is 3. The molecule has 4 rings (SSSR count). The van der Waals surface area contributed by atoms with Crippen LogP contribution in [0.15, 0.2) is 120 Å². The largest absolute Gasteiger partial charge is 0.493 e. The van der Waals surface area contributed by atoms with E-state index in [1.165, 1.54) is 18.1 Å². The molecule has 0 atom stereocenters. The molecule has 47 heavy (non-hydrogen) atoms. The number of aliphatic imine (C=N–C) groups is 1. The van der Waals surface area contributed by atoms with Gasteiger partial charge in [0.25, 0.3) is 11.8 Å². The molecular weight excluding hydrogens is 727 g/mol. The normalized spacial score (nSPS) is 14.3. The van der Waals surface area contributed by atoms with Gasteiger partial charge in [0.15, 0.2) is 23.3 Å². The third-order valence-electron chi connectivity index (χ3n) is 6.76. The molecule has 3 aromatic rings. The van der Waals surface area contributed by atoms with Crippen LogP contribution >= 0.6 is 34.4 Å². The van der Waals surface area contributed by atoms with E-state index >= 15 is 0 Å². The lowest BCUT2D eigenvalue weighted by atomic mass is 9.99. The van der Waals surface area contributed by atoms with E-state index in [1.807, 2.05) is 89.3 Å². The van der Waals surface area contributed by atoms with Crippen molar-refractivity contribution in [1.82, 2.24) is 10.2 Å². The number of amidine groups is 1. The van der Waals surface area contributed by atoms with Crippen molar-refractivity contribution < 1.29 is 23.9 Å². The molecule has 1 heterocycles. The highest BCUT2D eigenvalue weighted by atomic mass is 127. The number of carbonyl (C=O) groups excluding carboxylic acids is 3. The Labute approximate surface area is 291 Å². The highest BCUT2D eigenvalue weighted by Gasteiger charge is 2.35. The van der Waals surface area contributed by atoms with Gasteiger partial charge in [0.2, 0.25) is 5.91 Å². The van der Waals surface area contributed by atoms with Crippen molar-refractivity contribution >= 4 is 63.3 Å². The van der Waals surface area contributed by atoms with Crippen LogP contribution in [0.5, 0.6) is 11.5 Å². The van der Waals surface area contributed by atoms with E-state index in [2.05, 4.69) is 16.9 Å². The number of halogens is 1. The maximum absolute atomic E-state index is 14.0. The van der Waals surface area contributed by atoms with Crippen molar-refractivity contribution in [3.63, 3.8) is 0 Å². The molecule has 0 saturated heterocycles. The zero-order valence-corrected chi connectivity index (χ0v) is 28.7. The molecule has 1 N–H and O–H groups in total. The maximum atomic E-state index is 14.0. The van der Waals surface area contributed by atoms with Gasteiger partial charge >= 0.3 is 0 Å². The minimum absolute atomic E-state index is 0.0671. The number of amides is 3. The number of nitriles is 1. The summed E-state index contributed by atoms with van der Waals surface area (Å²) in [6.45, 7) is 5.29. The molecule has 1 aliphatic rings. The second-order valence-electron chi connectivity index (χ2n) is 9.80. The number of hydrogen-bond acceptors (Lipinski definition) is 7. The van der Waals surface area contributed by atoms with Gasteiger partial charge in [-0.15, -0.1) is 0 Å². The van der Waals surface area contributed by atoms with Gasteiger partial charge in [-0.05, 0) is 70.5 Å². The first-order chi connectivity index (χ1) is 22.8. The van der Waals surface area contributed by atoms with Gasteiger partial charge in [-0.1, -0.05) is 97.2 Å². The number of nitrogens with one attached hydrogen (secondary N) is 1. The molecule has 1 aliphatic heterocycles. The van der Waals surface area contributed by atoms with Crippen molar-refractivity contribution in [1.29, 1.82) is 5.26 Å². The van der Waals surface area contributed by atoms with E-state index in [-0.39, 0.29) is 29.0 Å². The molecule has 3 amide bonds. The quantitative estimate of drug-likeness (QED) is 0.0958. The van der Waals surface area contributed by atoms with Gasteiger partial charge in [-0.3, -0.25) is 19.3 Å². The number of ether oxygens (including phenoxy) is 2. The molecule has 9 nitrogen and oxygen atoms in total. The monoisotopic (exact) mass is 758 g/mol. The van der Waals surface area contributed by atoms with E-state index in [4.69, 9.17) is 14.7 Å². The Kier molecular flexibility index (Phi) is 12.7. The zero-order chi connectivity index (χ0) is 33.8. The molecule has 0 radical (unpaired) electrons. The molecule has 0 spiro atoms. The predicted molar refractivity (Wildman–Crippen MR) is 193 cm³/mol. The number of methoxy groups -OCH3 is 1. The van der Waals surface area contributed by atoms with Crippen molar-refractivity contribution in [3.8, 4) is 17.6 Å². The average molecular weight is 759 g/mol. The van der Waals surface area contributed by atoms with Gasteiger partial charge in [-0.25, -0.2) is 0 Å². The number of rotatable bonds is 12. The molecule has 0 fully saturated rings. The van der Waals surface area contributed by atoms with Crippen molar-refractivity contribution in [2.24, 2.45) is 4.99 Å². The summed E-state index contributed by atoms with van der Waals surface area (Å²) < 4.78 is 11.6. The topological polar surface area (TPSA) is 121 Å². The van der Waals surface area contributed by atoms with E-state index in [0.29, 0.717) is 26.3 Å². The Morgan fingerprint density at radius 3 is 2.36 bits per heavy atom. The Balaban J connectivity index is 1.65. The van der Waals surface area contributed by atoms with Gasteiger partial charge in [0.1, 0.15) is 11.6 Å². The highest BCUT2D eigenvalue weighted by Crippen LogP contribution is 2.35. The molecule has 238 valence electrons. The summed E-state index contributed by atoms with van der Waals surface area (Å²) in [6.07, 6.45) is 8.03. The molecule has 0 aliphatic carbocycles. The van der Waals surface area contributed by atoms with E-state index in [1.54, 1.807) is 43.4 Å². The average Bonchev–Trinajstić information content (AvgIpc) is 3.09. The van der Waals surface area contributed by atoms with Crippen molar-refractivity contribution in [3.05, 3.63) is 135 Å². The number of thioether (sulfide) groups is 1. The lowest BCUT2D eigenvalue weighted by molar-refractivity contribution is -0.126. The first-order valence-electron chi connectivity index (χ1n) is 14.3. The Morgan fingerprint density at radius 1 is 1.13 bits per heavy atom. The predicted octanol–water partition coefficient (Wildman–Crippen LogP) is 6.60. The van der Waals surface area contributed by atoms with Crippen LogP contribution in [-0.4, -0.2) is 47.3 Å². The molecule has 0 aromatic heterocycles. The van der Waals surface area contributed by atoms with Crippen LogP contribution in [-0.2, 0) is 14.4 Å². The van der Waals surface area contributed by atoms with Gasteiger partial charge in [0, 0.05) is 5.70 Å². The summed E-state index contributed by atoms with van der Waals surface area (Å²) in [5.41, 5.74) is 2.58. The molecule has 0 saturated carbocycles. The second-order valence-corrected chi connectivity index (χ2v) is 11.9. The third-order valence-corrected chi connectivity index (χ3v) is 8.50. The first-order valence-corrected chi connectivity index (χ1v) is 16.4. The number of benzene rings is 3. The van der Waals surface area contributed by atoms with Gasteiger partial charge < -0.3 is 14.8 Å². The van der Waals surface area contributed by atoms with Crippen molar-refractivity contribution in [2.75, 3.05) is 19.5 Å². The Hall–Kier alpha value is -4.93. The summed E-state index contributed by atoms with van der Waals surface area (Å²) in [5, 5.41) is 12.1. The minimum atomic E-state index is -0.748. The summed E-state index contributed by atoms with van der Waals surface area (Å²) in [6, 6.07) is 24.1. The summed E-state index contributed by atoms with van der Waals surface area (Å²) in [4.78, 5) is 46.3. The van der Waals surface area contributed by atoms with Gasteiger partial charge in [-0.2, -0.15) is 10.3 Å². The molecule has 3 aromatic carbocycles. The summed E-state index contributed by atoms with van der Waals surface area (Å²) in [7, 11) is 1.45. The second kappa shape index (κ2) is 17.1. The molecule has 0 unspecified atom stereocenters. The SMILES string of the molecule is C=C/C=C\C(=C/C)N1C(=O)/C(=C/c2cc(I)c(OCC#N)c(OC)c2)C(=O)N=C1SCC(=O)NC(c1ccccc1)c1ccccc1. The molecular formula is C36H31IN4O5S. The van der Waals surface area contributed by atoms with E-state index in [9.17, 15) is 14.4 Å². The molecule has 0 bridgehead atoms. The minimum Gasteiger partial charge on any atom is -0.493 e. The fraction of sp³-hybridized carbons (Fsp3) is 0.139. The van der Waals surface area contributed by atoms with E-state index in [0.717, 1.165) is 22.9 Å². The number of carbonyl (C=O) groups is 3. The van der Waals surface area contributed by atoms with E-state index < -0.39 is 17.9 Å². The summed E-state index contributed by atoms with van der Waals surface area (Å²) in [5.74, 6) is -1.05. The lowest BCUT2D eigenvalue weighted by Gasteiger charge is -2.28. The lowest BCUT2D eigenvalue weighted by Crippen LogP contribution is -2.42. The smallest absolute Gasteiger partial charge is 0.285 e. The van der Waals surface area contributed by atoms with Crippen LogP contribution in [0.2, 0.25) is 0 Å². The first kappa shape index (κ1) is 34.9. The van der Waals surface area contributed by atoms with Crippen LogP contribution in [0.3, 0.4) is 0 Å². The van der Waals surface area contributed by atoms with Crippen LogP contribution in [0, 0.1) is 14.9 Å². The zero-order valence-electron chi connectivity index (χ0n) is 25.7. The fourth-order valence-corrected chi connectivity index (χ4v) is 6.22. The van der Waals surface area contributed by atoms with Crippen LogP contribution < -0.4 is 14.8 Å². The maximum Gasteiger partial charge on any atom is 0.285 e. The highest BCUT2D eigenvalue weighted by molar-refractivity contribution is 14.1. The number of hydrogen-bond donors (Lipinski definition) is 1. The number of allylic oxidation sites excluding steroid dienone is 4. The van der Waals surface area contributed by atoms with Gasteiger partial charge in [0.05, 0.1) is 22.5 Å². The Bertz CT molecular complexity index is 1770. The van der Waals surface area contributed by atoms with Crippen LogP contribution in [0.25, 0.3) is 6.08 Å². The standard InChI is InChI=1S/C36H31IN4O5S/c1-4-6-17-27(5-2)41-35(44)28(20-24-21-29(37)33(46-19-18-38)30(22-24)45-3)34(43)40-36(41)47-23-31(42)39-32(25-13-9-7-10-14-25)26-15-11-8-12-16-26/h4-17,20-22,32H,1,19,23H2,2-3H3,(H,39,42)/b17-6-,27-5+,28-20+. The fourth-order valence-electron chi connectivity index (χ4n) is 4.63. The van der Waals surface area contributed by atoms with Crippen molar-refractivity contribution in [2.45, 2.75) is 13.0 Å². The molecule has 11 heteroatoms.